The molecule has 3 aromatic rings. The molecule has 0 fully saturated rings. The number of carbonyl (C=O) groups excluding carboxylic acids is 1. The predicted octanol–water partition coefficient (Wildman–Crippen LogP) is 2.92. The summed E-state index contributed by atoms with van der Waals surface area (Å²) in [6.07, 6.45) is 1.98. The Balaban J connectivity index is 1.56. The molecule has 1 aromatic heterocycles. The second-order valence-electron chi connectivity index (χ2n) is 7.29. The number of hydrogen-bond donors (Lipinski definition) is 2. The molecule has 0 atom stereocenters. The maximum Gasteiger partial charge on any atom is 0.224 e. The van der Waals surface area contributed by atoms with Crippen molar-refractivity contribution < 1.29 is 13.2 Å². The van der Waals surface area contributed by atoms with Crippen molar-refractivity contribution in [3.63, 3.8) is 0 Å². The third kappa shape index (κ3) is 6.10. The van der Waals surface area contributed by atoms with E-state index in [0.717, 1.165) is 22.0 Å². The van der Waals surface area contributed by atoms with Crippen molar-refractivity contribution in [2.75, 3.05) is 0 Å². The van der Waals surface area contributed by atoms with Gasteiger partial charge >= 0.3 is 0 Å². The first-order valence-electron chi connectivity index (χ1n) is 9.49. The van der Waals surface area contributed by atoms with E-state index in [4.69, 9.17) is 0 Å². The van der Waals surface area contributed by atoms with E-state index in [1.807, 2.05) is 42.5 Å². The summed E-state index contributed by atoms with van der Waals surface area (Å²) in [6, 6.07) is 16.7. The lowest BCUT2D eigenvalue weighted by Gasteiger charge is -2.10. The third-order valence-corrected chi connectivity index (χ3v) is 5.90. The maximum absolute atomic E-state index is 12.4. The SMILES string of the molecule is CC(C)NS(=O)(=O)Cc1ccc(CNC(=O)Cc2cccc3cccnc23)cc1. The molecule has 0 aliphatic rings. The Morgan fingerprint density at radius 3 is 2.41 bits per heavy atom. The largest absolute Gasteiger partial charge is 0.352 e. The standard InChI is InChI=1S/C22H25N3O3S/c1-16(2)25-29(27,28)15-18-10-8-17(9-11-18)14-24-21(26)13-20-6-3-5-19-7-4-12-23-22(19)20/h3-12,16,25H,13-15H2,1-2H3,(H,24,26). The number of sulfonamides is 1. The Morgan fingerprint density at radius 1 is 1.00 bits per heavy atom. The van der Waals surface area contributed by atoms with Crippen molar-refractivity contribution >= 4 is 26.8 Å². The summed E-state index contributed by atoms with van der Waals surface area (Å²) in [5.41, 5.74) is 3.34. The van der Waals surface area contributed by atoms with Crippen LogP contribution in [0.15, 0.2) is 60.8 Å². The quantitative estimate of drug-likeness (QED) is 0.597. The van der Waals surface area contributed by atoms with Crippen LogP contribution in [0.2, 0.25) is 0 Å². The van der Waals surface area contributed by atoms with Crippen molar-refractivity contribution in [3.05, 3.63) is 77.5 Å². The Labute approximate surface area is 171 Å². The first-order valence-corrected chi connectivity index (χ1v) is 11.1. The van der Waals surface area contributed by atoms with Gasteiger partial charge in [0.15, 0.2) is 0 Å². The van der Waals surface area contributed by atoms with Gasteiger partial charge in [0.2, 0.25) is 15.9 Å². The molecule has 0 saturated carbocycles. The summed E-state index contributed by atoms with van der Waals surface area (Å²) in [5, 5.41) is 3.92. The number of nitrogens with one attached hydrogen (secondary N) is 2. The molecular weight excluding hydrogens is 386 g/mol. The number of amides is 1. The lowest BCUT2D eigenvalue weighted by Crippen LogP contribution is -2.31. The number of rotatable bonds is 8. The van der Waals surface area contributed by atoms with E-state index in [-0.39, 0.29) is 24.1 Å². The van der Waals surface area contributed by atoms with Gasteiger partial charge in [-0.2, -0.15) is 0 Å². The van der Waals surface area contributed by atoms with Crippen molar-refractivity contribution in [1.29, 1.82) is 0 Å². The van der Waals surface area contributed by atoms with Crippen molar-refractivity contribution in [2.45, 2.75) is 38.6 Å². The maximum atomic E-state index is 12.4. The molecule has 0 bridgehead atoms. The number of nitrogens with zero attached hydrogens (tertiary/aromatic N) is 1. The number of fused-ring (bicyclic) bond motifs is 1. The predicted molar refractivity (Wildman–Crippen MR) is 115 cm³/mol. The molecule has 29 heavy (non-hydrogen) atoms. The summed E-state index contributed by atoms with van der Waals surface area (Å²) < 4.78 is 26.6. The minimum Gasteiger partial charge on any atom is -0.352 e. The molecule has 0 aliphatic heterocycles. The van der Waals surface area contributed by atoms with Gasteiger partial charge in [0, 0.05) is 24.2 Å². The van der Waals surface area contributed by atoms with Crippen LogP contribution in [0.4, 0.5) is 0 Å². The lowest BCUT2D eigenvalue weighted by atomic mass is 10.1. The molecule has 2 N–H and O–H groups in total. The number of pyridine rings is 1. The van der Waals surface area contributed by atoms with Crippen LogP contribution in [-0.4, -0.2) is 25.4 Å². The molecular formula is C22H25N3O3S. The molecule has 0 aliphatic carbocycles. The topological polar surface area (TPSA) is 88.2 Å². The van der Waals surface area contributed by atoms with Crippen molar-refractivity contribution in [1.82, 2.24) is 15.0 Å². The zero-order valence-electron chi connectivity index (χ0n) is 16.6. The fourth-order valence-electron chi connectivity index (χ4n) is 3.12. The van der Waals surface area contributed by atoms with Crippen LogP contribution in [0.5, 0.6) is 0 Å². The fraction of sp³-hybridized carbons (Fsp3) is 0.273. The van der Waals surface area contributed by atoms with Crippen LogP contribution in [0.1, 0.15) is 30.5 Å². The molecule has 6 nitrogen and oxygen atoms in total. The van der Waals surface area contributed by atoms with Gasteiger partial charge in [-0.05, 0) is 36.6 Å². The fourth-order valence-corrected chi connectivity index (χ4v) is 4.55. The van der Waals surface area contributed by atoms with Crippen LogP contribution in [0.3, 0.4) is 0 Å². The second kappa shape index (κ2) is 9.15. The Hall–Kier alpha value is -2.77. The normalized spacial score (nSPS) is 11.7. The van der Waals surface area contributed by atoms with Crippen LogP contribution >= 0.6 is 0 Å². The Morgan fingerprint density at radius 2 is 1.69 bits per heavy atom. The Bertz CT molecular complexity index is 1090. The van der Waals surface area contributed by atoms with Gasteiger partial charge in [0.05, 0.1) is 17.7 Å². The summed E-state index contributed by atoms with van der Waals surface area (Å²) in [7, 11) is -3.35. The van der Waals surface area contributed by atoms with Crippen molar-refractivity contribution in [3.8, 4) is 0 Å². The van der Waals surface area contributed by atoms with Gasteiger partial charge in [-0.1, -0.05) is 48.5 Å². The molecule has 7 heteroatoms. The van der Waals surface area contributed by atoms with Gasteiger partial charge in [-0.25, -0.2) is 13.1 Å². The number of carbonyl (C=O) groups is 1. The minimum absolute atomic E-state index is 0.0636. The average Bonchev–Trinajstić information content (AvgIpc) is 2.66. The monoisotopic (exact) mass is 411 g/mol. The van der Waals surface area contributed by atoms with E-state index in [1.165, 1.54) is 0 Å². The van der Waals surface area contributed by atoms with Gasteiger partial charge in [0.1, 0.15) is 0 Å². The molecule has 3 rings (SSSR count). The number of para-hydroxylation sites is 1. The highest BCUT2D eigenvalue weighted by molar-refractivity contribution is 7.88. The number of hydrogen-bond acceptors (Lipinski definition) is 4. The molecule has 1 amide bonds. The van der Waals surface area contributed by atoms with Crippen LogP contribution in [0.25, 0.3) is 10.9 Å². The number of benzene rings is 2. The highest BCUT2D eigenvalue weighted by atomic mass is 32.2. The van der Waals surface area contributed by atoms with E-state index >= 15 is 0 Å². The van der Waals surface area contributed by atoms with E-state index in [2.05, 4.69) is 15.0 Å². The van der Waals surface area contributed by atoms with Gasteiger partial charge in [-0.15, -0.1) is 0 Å². The van der Waals surface area contributed by atoms with Crippen LogP contribution in [0, 0.1) is 0 Å². The summed E-state index contributed by atoms with van der Waals surface area (Å²) in [5.74, 6) is -0.151. The highest BCUT2D eigenvalue weighted by Crippen LogP contribution is 2.16. The van der Waals surface area contributed by atoms with Gasteiger partial charge in [0.25, 0.3) is 0 Å². The van der Waals surface area contributed by atoms with E-state index < -0.39 is 10.0 Å². The van der Waals surface area contributed by atoms with Gasteiger partial charge in [-0.3, -0.25) is 9.78 Å². The first-order chi connectivity index (χ1) is 13.8. The summed E-state index contributed by atoms with van der Waals surface area (Å²) >= 11 is 0. The summed E-state index contributed by atoms with van der Waals surface area (Å²) in [4.78, 5) is 16.7. The highest BCUT2D eigenvalue weighted by Gasteiger charge is 2.13. The molecule has 0 saturated heterocycles. The van der Waals surface area contributed by atoms with Crippen LogP contribution in [-0.2, 0) is 33.5 Å². The van der Waals surface area contributed by atoms with E-state index in [9.17, 15) is 13.2 Å². The number of aromatic nitrogens is 1. The lowest BCUT2D eigenvalue weighted by molar-refractivity contribution is -0.120. The first kappa shape index (κ1) is 21.0. The van der Waals surface area contributed by atoms with E-state index in [1.54, 1.807) is 32.2 Å². The third-order valence-electron chi connectivity index (χ3n) is 4.35. The van der Waals surface area contributed by atoms with E-state index in [0.29, 0.717) is 12.1 Å². The smallest absolute Gasteiger partial charge is 0.224 e. The van der Waals surface area contributed by atoms with Gasteiger partial charge < -0.3 is 5.32 Å². The van der Waals surface area contributed by atoms with Crippen molar-refractivity contribution in [2.24, 2.45) is 0 Å². The Kier molecular flexibility index (Phi) is 6.61. The molecule has 0 radical (unpaired) electrons. The molecule has 2 aromatic carbocycles. The molecule has 0 unspecified atom stereocenters. The molecule has 0 spiro atoms. The molecule has 152 valence electrons. The summed E-state index contributed by atoms with van der Waals surface area (Å²) in [6.45, 7) is 3.96. The molecule has 1 heterocycles. The van der Waals surface area contributed by atoms with Crippen LogP contribution < -0.4 is 10.0 Å². The minimum atomic E-state index is -3.35. The second-order valence-corrected chi connectivity index (χ2v) is 9.05. The average molecular weight is 412 g/mol. The zero-order valence-corrected chi connectivity index (χ0v) is 17.4. The zero-order chi connectivity index (χ0) is 20.9.